The number of benzene rings is 1. The minimum atomic E-state index is -0.377. The second-order valence-corrected chi connectivity index (χ2v) is 9.97. The van der Waals surface area contributed by atoms with Gasteiger partial charge in [0.1, 0.15) is 11.5 Å². The summed E-state index contributed by atoms with van der Waals surface area (Å²) in [5.74, 6) is 2.91. The standard InChI is InChI=1S/C25H36N2O3/c1-5-16-14-20-17(15-22(16)30-24(29)26-12-13-27(3)4)6-7-19-18(20)10-11-25(2)21(19)8-9-23(25)28/h14-15,18-19,21H,5-13H2,1-4H3,(H,26,29). The van der Waals surface area contributed by atoms with Crippen molar-refractivity contribution < 1.29 is 14.3 Å². The maximum Gasteiger partial charge on any atom is 0.412 e. The summed E-state index contributed by atoms with van der Waals surface area (Å²) in [4.78, 5) is 26.8. The SMILES string of the molecule is CCc1cc2c(cc1OC(=O)NCCN(C)C)CCC1C2CCC2(C)C(=O)CCC12. The minimum Gasteiger partial charge on any atom is -0.410 e. The van der Waals surface area contributed by atoms with E-state index in [1.807, 2.05) is 19.0 Å². The normalized spacial score (nSPS) is 29.9. The molecule has 4 atom stereocenters. The van der Waals surface area contributed by atoms with Crippen LogP contribution in [0.3, 0.4) is 0 Å². The van der Waals surface area contributed by atoms with Crippen LogP contribution in [-0.4, -0.2) is 44.0 Å². The van der Waals surface area contributed by atoms with Gasteiger partial charge < -0.3 is 15.0 Å². The zero-order valence-corrected chi connectivity index (χ0v) is 18.9. The number of ketones is 1. The Morgan fingerprint density at radius 3 is 2.77 bits per heavy atom. The third kappa shape index (κ3) is 3.77. The Morgan fingerprint density at radius 2 is 2.03 bits per heavy atom. The number of hydrogen-bond acceptors (Lipinski definition) is 4. The van der Waals surface area contributed by atoms with Crippen molar-refractivity contribution in [1.29, 1.82) is 0 Å². The molecule has 0 bridgehead atoms. The first kappa shape index (κ1) is 21.4. The summed E-state index contributed by atoms with van der Waals surface area (Å²) in [5, 5.41) is 2.84. The van der Waals surface area contributed by atoms with Crippen LogP contribution in [0.5, 0.6) is 5.75 Å². The van der Waals surface area contributed by atoms with Crippen molar-refractivity contribution in [2.24, 2.45) is 17.3 Å². The molecule has 0 heterocycles. The number of amides is 1. The van der Waals surface area contributed by atoms with Crippen LogP contribution >= 0.6 is 0 Å². The number of Topliss-reactive ketones (excluding diaryl/α,β-unsaturated/α-hetero) is 1. The molecule has 0 spiro atoms. The summed E-state index contributed by atoms with van der Waals surface area (Å²) in [5.41, 5.74) is 3.80. The molecule has 1 amide bonds. The van der Waals surface area contributed by atoms with Gasteiger partial charge in [-0.2, -0.15) is 0 Å². The van der Waals surface area contributed by atoms with E-state index >= 15 is 0 Å². The van der Waals surface area contributed by atoms with Crippen molar-refractivity contribution in [2.45, 2.75) is 64.7 Å². The van der Waals surface area contributed by atoms with Gasteiger partial charge >= 0.3 is 6.09 Å². The highest BCUT2D eigenvalue weighted by Gasteiger charge is 2.54. The van der Waals surface area contributed by atoms with Crippen LogP contribution < -0.4 is 10.1 Å². The van der Waals surface area contributed by atoms with Crippen LogP contribution in [0.15, 0.2) is 12.1 Å². The Kier molecular flexibility index (Phi) is 5.93. The molecule has 164 valence electrons. The number of carbonyl (C=O) groups is 2. The Labute approximate surface area is 180 Å². The molecule has 0 aromatic heterocycles. The number of hydrogen-bond donors (Lipinski definition) is 1. The maximum absolute atomic E-state index is 12.6. The van der Waals surface area contributed by atoms with E-state index in [-0.39, 0.29) is 11.5 Å². The largest absolute Gasteiger partial charge is 0.412 e. The molecule has 1 aromatic rings. The number of aryl methyl sites for hydroxylation is 2. The van der Waals surface area contributed by atoms with E-state index in [1.165, 1.54) is 11.1 Å². The van der Waals surface area contributed by atoms with Crippen LogP contribution in [0.2, 0.25) is 0 Å². The lowest BCUT2D eigenvalue weighted by atomic mass is 9.55. The van der Waals surface area contributed by atoms with E-state index in [4.69, 9.17) is 4.74 Å². The molecule has 0 aliphatic heterocycles. The summed E-state index contributed by atoms with van der Waals surface area (Å²) in [7, 11) is 3.96. The number of likely N-dealkylation sites (N-methyl/N-ethyl adjacent to an activating group) is 1. The van der Waals surface area contributed by atoms with E-state index in [2.05, 4.69) is 31.3 Å². The van der Waals surface area contributed by atoms with Crippen molar-refractivity contribution in [3.63, 3.8) is 0 Å². The lowest BCUT2D eigenvalue weighted by Gasteiger charge is -2.48. The van der Waals surface area contributed by atoms with Gasteiger partial charge in [-0.3, -0.25) is 4.79 Å². The summed E-state index contributed by atoms with van der Waals surface area (Å²) < 4.78 is 5.71. The van der Waals surface area contributed by atoms with E-state index in [1.54, 1.807) is 0 Å². The zero-order chi connectivity index (χ0) is 21.5. The first-order chi connectivity index (χ1) is 14.3. The predicted octanol–water partition coefficient (Wildman–Crippen LogP) is 4.32. The van der Waals surface area contributed by atoms with Crippen LogP contribution in [0.4, 0.5) is 4.79 Å². The molecule has 3 aliphatic carbocycles. The molecule has 5 heteroatoms. The third-order valence-corrected chi connectivity index (χ3v) is 8.03. The smallest absolute Gasteiger partial charge is 0.410 e. The Hall–Kier alpha value is -1.88. The Morgan fingerprint density at radius 1 is 1.23 bits per heavy atom. The van der Waals surface area contributed by atoms with Gasteiger partial charge in [-0.25, -0.2) is 4.79 Å². The molecule has 4 rings (SSSR count). The number of fused-ring (bicyclic) bond motifs is 5. The minimum absolute atomic E-state index is 0.0834. The van der Waals surface area contributed by atoms with Gasteiger partial charge in [0.15, 0.2) is 0 Å². The molecule has 2 saturated carbocycles. The van der Waals surface area contributed by atoms with E-state index in [9.17, 15) is 9.59 Å². The lowest BCUT2D eigenvalue weighted by molar-refractivity contribution is -0.129. The van der Waals surface area contributed by atoms with Gasteiger partial charge in [-0.1, -0.05) is 19.9 Å². The fraction of sp³-hybridized carbons (Fsp3) is 0.680. The van der Waals surface area contributed by atoms with Crippen molar-refractivity contribution in [1.82, 2.24) is 10.2 Å². The highest BCUT2D eigenvalue weighted by Crippen LogP contribution is 2.59. The molecule has 30 heavy (non-hydrogen) atoms. The molecule has 5 nitrogen and oxygen atoms in total. The predicted molar refractivity (Wildman–Crippen MR) is 118 cm³/mol. The number of nitrogens with zero attached hydrogens (tertiary/aromatic N) is 1. The number of carbonyl (C=O) groups excluding carboxylic acids is 2. The third-order valence-electron chi connectivity index (χ3n) is 8.03. The number of nitrogens with one attached hydrogen (secondary N) is 1. The van der Waals surface area contributed by atoms with Gasteiger partial charge in [-0.05, 0) is 93.1 Å². The second-order valence-electron chi connectivity index (χ2n) is 9.97. The summed E-state index contributed by atoms with van der Waals surface area (Å²) >= 11 is 0. The van der Waals surface area contributed by atoms with Gasteiger partial charge in [0.2, 0.25) is 0 Å². The summed E-state index contributed by atoms with van der Waals surface area (Å²) in [6.45, 7) is 5.70. The van der Waals surface area contributed by atoms with Gasteiger partial charge in [0.05, 0.1) is 0 Å². The van der Waals surface area contributed by atoms with E-state index in [0.717, 1.165) is 57.1 Å². The average molecular weight is 413 g/mol. The molecular formula is C25H36N2O3. The first-order valence-corrected chi connectivity index (χ1v) is 11.6. The van der Waals surface area contributed by atoms with Gasteiger partial charge in [-0.15, -0.1) is 0 Å². The molecule has 1 aromatic carbocycles. The summed E-state index contributed by atoms with van der Waals surface area (Å²) in [6.07, 6.45) is 6.58. The van der Waals surface area contributed by atoms with Crippen LogP contribution in [0.1, 0.15) is 68.6 Å². The van der Waals surface area contributed by atoms with Crippen molar-refractivity contribution >= 4 is 11.9 Å². The molecule has 1 N–H and O–H groups in total. The Balaban J connectivity index is 1.53. The molecule has 0 radical (unpaired) electrons. The van der Waals surface area contributed by atoms with Gasteiger partial charge in [0.25, 0.3) is 0 Å². The molecule has 0 saturated heterocycles. The van der Waals surface area contributed by atoms with Crippen molar-refractivity contribution in [3.8, 4) is 5.75 Å². The van der Waals surface area contributed by atoms with Crippen molar-refractivity contribution in [3.05, 3.63) is 28.8 Å². The maximum atomic E-state index is 12.6. The van der Waals surface area contributed by atoms with E-state index < -0.39 is 0 Å². The highest BCUT2D eigenvalue weighted by atomic mass is 16.6. The molecular weight excluding hydrogens is 376 g/mol. The van der Waals surface area contributed by atoms with Crippen LogP contribution in [0, 0.1) is 17.3 Å². The van der Waals surface area contributed by atoms with Crippen LogP contribution in [-0.2, 0) is 17.6 Å². The average Bonchev–Trinajstić information content (AvgIpc) is 3.01. The molecule has 2 fully saturated rings. The molecule has 4 unspecified atom stereocenters. The topological polar surface area (TPSA) is 58.6 Å². The lowest BCUT2D eigenvalue weighted by Crippen LogP contribution is -2.42. The Bertz CT molecular complexity index is 834. The zero-order valence-electron chi connectivity index (χ0n) is 18.9. The first-order valence-electron chi connectivity index (χ1n) is 11.6. The fourth-order valence-corrected chi connectivity index (χ4v) is 6.31. The fourth-order valence-electron chi connectivity index (χ4n) is 6.31. The van der Waals surface area contributed by atoms with Crippen LogP contribution in [0.25, 0.3) is 0 Å². The number of ether oxygens (including phenoxy) is 1. The quantitative estimate of drug-likeness (QED) is 0.782. The van der Waals surface area contributed by atoms with Gasteiger partial charge in [0, 0.05) is 24.9 Å². The number of rotatable bonds is 5. The summed E-state index contributed by atoms with van der Waals surface area (Å²) in [6, 6.07) is 4.41. The van der Waals surface area contributed by atoms with Crippen molar-refractivity contribution in [2.75, 3.05) is 27.2 Å². The highest BCUT2D eigenvalue weighted by molar-refractivity contribution is 5.87. The second kappa shape index (κ2) is 8.33. The molecule has 3 aliphatic rings. The monoisotopic (exact) mass is 412 g/mol. The van der Waals surface area contributed by atoms with E-state index in [0.29, 0.717) is 35.8 Å².